The third-order valence-corrected chi connectivity index (χ3v) is 4.34. The number of carbonyl (C=O) groups excluding carboxylic acids is 1. The summed E-state index contributed by atoms with van der Waals surface area (Å²) in [4.78, 5) is 12.8. The van der Waals surface area contributed by atoms with E-state index in [1.54, 1.807) is 6.92 Å². The Labute approximate surface area is 115 Å². The number of hydrogen-bond acceptors (Lipinski definition) is 2. The average Bonchev–Trinajstić information content (AvgIpc) is 2.39. The van der Waals surface area contributed by atoms with Crippen LogP contribution >= 0.6 is 0 Å². The lowest BCUT2D eigenvalue weighted by Gasteiger charge is -2.08. The molecule has 0 bridgehead atoms. The number of aryl methyl sites for hydroxylation is 1. The maximum atomic E-state index is 12.6. The van der Waals surface area contributed by atoms with Gasteiger partial charge in [-0.05, 0) is 37.6 Å². The molecular formula is C16H16O2S. The first-order valence-electron chi connectivity index (χ1n) is 6.13. The minimum absolute atomic E-state index is 0.0772. The molecule has 0 aliphatic carbocycles. The van der Waals surface area contributed by atoms with Gasteiger partial charge in [0.05, 0.1) is 10.8 Å². The van der Waals surface area contributed by atoms with Gasteiger partial charge >= 0.3 is 0 Å². The number of hydrogen-bond donors (Lipinski definition) is 0. The summed E-state index contributed by atoms with van der Waals surface area (Å²) < 4.78 is 12.6. The van der Waals surface area contributed by atoms with Gasteiger partial charge in [-0.25, -0.2) is 4.21 Å². The highest BCUT2D eigenvalue weighted by molar-refractivity contribution is 7.85. The van der Waals surface area contributed by atoms with E-state index in [1.807, 2.05) is 55.5 Å². The molecule has 0 aliphatic heterocycles. The van der Waals surface area contributed by atoms with Crippen molar-refractivity contribution in [3.05, 3.63) is 59.7 Å². The van der Waals surface area contributed by atoms with E-state index in [-0.39, 0.29) is 5.78 Å². The Hall–Kier alpha value is -1.74. The summed E-state index contributed by atoms with van der Waals surface area (Å²) in [5.41, 5.74) is 1.98. The minimum atomic E-state index is -1.24. The van der Waals surface area contributed by atoms with E-state index in [1.165, 1.54) is 0 Å². The predicted molar refractivity (Wildman–Crippen MR) is 76.7 cm³/mol. The summed E-state index contributed by atoms with van der Waals surface area (Å²) >= 11 is 0. The Morgan fingerprint density at radius 3 is 2.32 bits per heavy atom. The molecule has 0 unspecified atom stereocenters. The van der Waals surface area contributed by atoms with Crippen LogP contribution < -0.4 is 0 Å². The molecular weight excluding hydrogens is 256 g/mol. The lowest BCUT2D eigenvalue weighted by atomic mass is 10.1. The Bertz CT molecular complexity index is 615. The molecule has 0 spiro atoms. The molecule has 0 saturated heterocycles. The van der Waals surface area contributed by atoms with Gasteiger partial charge < -0.3 is 0 Å². The van der Waals surface area contributed by atoms with Gasteiger partial charge in [-0.1, -0.05) is 35.9 Å². The van der Waals surface area contributed by atoms with Gasteiger partial charge in [-0.2, -0.15) is 0 Å². The third-order valence-electron chi connectivity index (χ3n) is 2.85. The maximum absolute atomic E-state index is 12.6. The van der Waals surface area contributed by atoms with Crippen molar-refractivity contribution in [2.24, 2.45) is 0 Å². The van der Waals surface area contributed by atoms with E-state index >= 15 is 0 Å². The quantitative estimate of drug-likeness (QED) is 0.856. The van der Waals surface area contributed by atoms with Crippen LogP contribution in [0.15, 0.2) is 58.3 Å². The second kappa shape index (κ2) is 5.93. The van der Waals surface area contributed by atoms with E-state index in [9.17, 15) is 9.00 Å². The Kier molecular flexibility index (Phi) is 4.27. The molecule has 2 rings (SSSR count). The molecule has 0 N–H and O–H groups in total. The first kappa shape index (κ1) is 13.7. The van der Waals surface area contributed by atoms with Crippen molar-refractivity contribution in [3.8, 4) is 0 Å². The molecule has 0 amide bonds. The van der Waals surface area contributed by atoms with E-state index < -0.39 is 10.8 Å². The molecule has 0 aliphatic rings. The molecule has 19 heavy (non-hydrogen) atoms. The third kappa shape index (κ3) is 3.38. The van der Waals surface area contributed by atoms with Gasteiger partial charge in [0.25, 0.3) is 0 Å². The van der Waals surface area contributed by atoms with E-state index in [2.05, 4.69) is 0 Å². The molecule has 0 fully saturated rings. The fourth-order valence-electron chi connectivity index (χ4n) is 1.89. The van der Waals surface area contributed by atoms with Crippen molar-refractivity contribution in [1.29, 1.82) is 0 Å². The van der Waals surface area contributed by atoms with Gasteiger partial charge in [-0.15, -0.1) is 0 Å². The number of benzene rings is 2. The van der Waals surface area contributed by atoms with Crippen molar-refractivity contribution in [3.63, 3.8) is 0 Å². The van der Waals surface area contributed by atoms with Crippen LogP contribution in [0.1, 0.15) is 18.1 Å². The zero-order chi connectivity index (χ0) is 13.8. The van der Waals surface area contributed by atoms with Crippen molar-refractivity contribution in [2.75, 3.05) is 0 Å². The second-order valence-electron chi connectivity index (χ2n) is 4.57. The average molecular weight is 272 g/mol. The highest BCUT2D eigenvalue weighted by Crippen LogP contribution is 2.21. The molecule has 0 saturated carbocycles. The van der Waals surface area contributed by atoms with Crippen molar-refractivity contribution in [2.45, 2.75) is 30.1 Å². The van der Waals surface area contributed by atoms with Crippen LogP contribution in [-0.2, 0) is 22.0 Å². The molecule has 0 aromatic heterocycles. The Morgan fingerprint density at radius 1 is 1.05 bits per heavy atom. The fourth-order valence-corrected chi connectivity index (χ4v) is 3.11. The topological polar surface area (TPSA) is 34.1 Å². The lowest BCUT2D eigenvalue weighted by Crippen LogP contribution is -2.03. The summed E-state index contributed by atoms with van der Waals surface area (Å²) in [5, 5.41) is 0. The van der Waals surface area contributed by atoms with Gasteiger partial charge in [-0.3, -0.25) is 4.79 Å². The van der Waals surface area contributed by atoms with Crippen molar-refractivity contribution >= 4 is 16.6 Å². The van der Waals surface area contributed by atoms with Crippen LogP contribution in [-0.4, -0.2) is 9.99 Å². The van der Waals surface area contributed by atoms with Gasteiger partial charge in [0.15, 0.2) is 0 Å². The number of ketones is 1. The summed E-state index contributed by atoms with van der Waals surface area (Å²) in [6, 6.07) is 15.0. The van der Waals surface area contributed by atoms with Crippen LogP contribution in [0, 0.1) is 6.92 Å². The Morgan fingerprint density at radius 2 is 1.68 bits per heavy atom. The second-order valence-corrected chi connectivity index (χ2v) is 6.02. The van der Waals surface area contributed by atoms with E-state index in [4.69, 9.17) is 0 Å². The highest BCUT2D eigenvalue weighted by Gasteiger charge is 2.12. The van der Waals surface area contributed by atoms with Gasteiger partial charge in [0, 0.05) is 16.2 Å². The summed E-state index contributed by atoms with van der Waals surface area (Å²) in [6.45, 7) is 3.54. The van der Waals surface area contributed by atoms with Crippen LogP contribution in [0.3, 0.4) is 0 Å². The zero-order valence-corrected chi connectivity index (χ0v) is 11.9. The molecule has 3 heteroatoms. The smallest absolute Gasteiger partial charge is 0.134 e. The molecule has 2 nitrogen and oxygen atoms in total. The summed E-state index contributed by atoms with van der Waals surface area (Å²) in [6.07, 6.45) is 0.327. The largest absolute Gasteiger partial charge is 0.300 e. The van der Waals surface area contributed by atoms with E-state index in [0.29, 0.717) is 6.42 Å². The van der Waals surface area contributed by atoms with Crippen molar-refractivity contribution < 1.29 is 9.00 Å². The first-order chi connectivity index (χ1) is 9.08. The number of carbonyl (C=O) groups is 1. The summed E-state index contributed by atoms with van der Waals surface area (Å²) in [7, 11) is -1.24. The summed E-state index contributed by atoms with van der Waals surface area (Å²) in [5.74, 6) is 0.0772. The van der Waals surface area contributed by atoms with Crippen LogP contribution in [0.4, 0.5) is 0 Å². The van der Waals surface area contributed by atoms with Crippen LogP contribution in [0.2, 0.25) is 0 Å². The number of Topliss-reactive ketones (excluding diaryl/α,β-unsaturated/α-hetero) is 1. The predicted octanol–water partition coefficient (Wildman–Crippen LogP) is 3.29. The molecule has 0 heterocycles. The maximum Gasteiger partial charge on any atom is 0.134 e. The van der Waals surface area contributed by atoms with Gasteiger partial charge in [0.1, 0.15) is 5.78 Å². The molecule has 1 atom stereocenters. The SMILES string of the molecule is CC(=O)Cc1ccccc1[S@@](=O)c1ccc(C)cc1. The molecule has 2 aromatic carbocycles. The fraction of sp³-hybridized carbons (Fsp3) is 0.188. The van der Waals surface area contributed by atoms with Crippen LogP contribution in [0.5, 0.6) is 0 Å². The molecule has 98 valence electrons. The normalized spacial score (nSPS) is 12.1. The van der Waals surface area contributed by atoms with Crippen molar-refractivity contribution in [1.82, 2.24) is 0 Å². The monoisotopic (exact) mass is 272 g/mol. The molecule has 0 radical (unpaired) electrons. The minimum Gasteiger partial charge on any atom is -0.300 e. The van der Waals surface area contributed by atoms with E-state index in [0.717, 1.165) is 20.9 Å². The molecule has 2 aromatic rings. The standard InChI is InChI=1S/C16H16O2S/c1-12-7-9-15(10-8-12)19(18)16-6-4-3-5-14(16)11-13(2)17/h3-10H,11H2,1-2H3/t19-/m0/s1. The number of rotatable bonds is 4. The first-order valence-corrected chi connectivity index (χ1v) is 7.28. The zero-order valence-electron chi connectivity index (χ0n) is 11.1. The van der Waals surface area contributed by atoms with Gasteiger partial charge in [0.2, 0.25) is 0 Å². The van der Waals surface area contributed by atoms with Crippen LogP contribution in [0.25, 0.3) is 0 Å². The highest BCUT2D eigenvalue weighted by atomic mass is 32.2. The lowest BCUT2D eigenvalue weighted by molar-refractivity contribution is -0.116. The Balaban J connectivity index is 2.38.